The van der Waals surface area contributed by atoms with E-state index in [-0.39, 0.29) is 0 Å². The molecular formula is C35H68. The minimum absolute atomic E-state index is 1.30. The Morgan fingerprint density at radius 1 is 0.229 bits per heavy atom. The van der Waals surface area contributed by atoms with Gasteiger partial charge in [-0.05, 0) is 51.4 Å². The summed E-state index contributed by atoms with van der Waals surface area (Å²) in [4.78, 5) is 0. The zero-order valence-electron chi connectivity index (χ0n) is 24.8. The maximum atomic E-state index is 2.45. The largest absolute Gasteiger partial charge is 0.0885 e. The lowest BCUT2D eigenvalue weighted by atomic mass is 10.0. The maximum absolute atomic E-state index is 2.45. The fourth-order valence-electron chi connectivity index (χ4n) is 5.03. The third-order valence-corrected chi connectivity index (χ3v) is 7.52. The van der Waals surface area contributed by atoms with Crippen LogP contribution >= 0.6 is 0 Å². The first kappa shape index (κ1) is 34.5. The second kappa shape index (κ2) is 33.5. The number of hydrogen-bond donors (Lipinski definition) is 0. The summed E-state index contributed by atoms with van der Waals surface area (Å²) in [7, 11) is 0. The van der Waals surface area contributed by atoms with Gasteiger partial charge in [0, 0.05) is 0 Å². The van der Waals surface area contributed by atoms with Gasteiger partial charge in [0.2, 0.25) is 0 Å². The summed E-state index contributed by atoms with van der Waals surface area (Å²) in [6, 6.07) is 0. The van der Waals surface area contributed by atoms with Crippen molar-refractivity contribution >= 4 is 0 Å². The van der Waals surface area contributed by atoms with E-state index < -0.39 is 0 Å². The van der Waals surface area contributed by atoms with Crippen molar-refractivity contribution in [2.24, 2.45) is 0 Å². The van der Waals surface area contributed by atoms with E-state index in [0.717, 1.165) is 0 Å². The van der Waals surface area contributed by atoms with Crippen molar-refractivity contribution in [1.29, 1.82) is 0 Å². The molecule has 208 valence electrons. The SMILES string of the molecule is CCCCCCCC/C=C\CCCCCCCC/C=C\CCCCCCCCCCCCCCC. The van der Waals surface area contributed by atoms with Gasteiger partial charge in [-0.15, -0.1) is 0 Å². The Balaban J connectivity index is 3.12. The van der Waals surface area contributed by atoms with Crippen molar-refractivity contribution in [1.82, 2.24) is 0 Å². The van der Waals surface area contributed by atoms with E-state index >= 15 is 0 Å². The molecule has 0 unspecified atom stereocenters. The average Bonchev–Trinajstić information content (AvgIpc) is 2.87. The molecular weight excluding hydrogens is 420 g/mol. The molecule has 0 aromatic rings. The van der Waals surface area contributed by atoms with Gasteiger partial charge in [-0.3, -0.25) is 0 Å². The lowest BCUT2D eigenvalue weighted by Crippen LogP contribution is -1.82. The molecule has 0 aliphatic rings. The number of hydrogen-bond acceptors (Lipinski definition) is 0. The summed E-state index contributed by atoms with van der Waals surface area (Å²) in [6.45, 7) is 4.60. The van der Waals surface area contributed by atoms with E-state index in [1.54, 1.807) is 0 Å². The van der Waals surface area contributed by atoms with E-state index in [2.05, 4.69) is 38.2 Å². The molecule has 0 saturated heterocycles. The molecule has 0 atom stereocenters. The summed E-state index contributed by atoms with van der Waals surface area (Å²) in [6.07, 6.45) is 50.9. The van der Waals surface area contributed by atoms with Gasteiger partial charge < -0.3 is 0 Å². The van der Waals surface area contributed by atoms with Crippen LogP contribution in [0.3, 0.4) is 0 Å². The fraction of sp³-hybridized carbons (Fsp3) is 0.886. The Morgan fingerprint density at radius 3 is 0.600 bits per heavy atom. The van der Waals surface area contributed by atoms with Crippen LogP contribution in [0, 0.1) is 0 Å². The van der Waals surface area contributed by atoms with E-state index in [1.807, 2.05) is 0 Å². The summed E-state index contributed by atoms with van der Waals surface area (Å²) >= 11 is 0. The number of unbranched alkanes of at least 4 members (excludes halogenated alkanes) is 26. The second-order valence-corrected chi connectivity index (χ2v) is 11.2. The smallest absolute Gasteiger partial charge is 0.0351 e. The summed E-state index contributed by atoms with van der Waals surface area (Å²) in [5.41, 5.74) is 0. The molecule has 0 amide bonds. The average molecular weight is 489 g/mol. The van der Waals surface area contributed by atoms with Crippen LogP contribution in [0.4, 0.5) is 0 Å². The molecule has 0 fully saturated rings. The third kappa shape index (κ3) is 33.5. The van der Waals surface area contributed by atoms with Gasteiger partial charge in [-0.1, -0.05) is 173 Å². The summed E-state index contributed by atoms with van der Waals surface area (Å²) in [5, 5.41) is 0. The molecule has 0 aliphatic heterocycles. The van der Waals surface area contributed by atoms with Crippen LogP contribution in [-0.2, 0) is 0 Å². The maximum Gasteiger partial charge on any atom is -0.0351 e. The molecule has 0 radical (unpaired) electrons. The Hall–Kier alpha value is -0.520. The van der Waals surface area contributed by atoms with Crippen molar-refractivity contribution in [3.63, 3.8) is 0 Å². The fourth-order valence-corrected chi connectivity index (χ4v) is 5.03. The molecule has 0 nitrogen and oxygen atoms in total. The molecule has 0 aromatic heterocycles. The molecule has 0 heteroatoms. The van der Waals surface area contributed by atoms with Crippen molar-refractivity contribution in [3.8, 4) is 0 Å². The number of allylic oxidation sites excluding steroid dienone is 4. The first-order valence-electron chi connectivity index (χ1n) is 16.7. The Bertz CT molecular complexity index is 404. The molecule has 0 spiro atoms. The molecule has 0 N–H and O–H groups in total. The molecule has 0 rings (SSSR count). The number of rotatable bonds is 30. The van der Waals surface area contributed by atoms with Crippen molar-refractivity contribution in [2.45, 2.75) is 200 Å². The lowest BCUT2D eigenvalue weighted by molar-refractivity contribution is 0.540. The van der Waals surface area contributed by atoms with Gasteiger partial charge in [-0.25, -0.2) is 0 Å². The van der Waals surface area contributed by atoms with E-state index in [0.29, 0.717) is 0 Å². The molecule has 0 heterocycles. The zero-order valence-corrected chi connectivity index (χ0v) is 24.8. The first-order chi connectivity index (χ1) is 17.4. The highest BCUT2D eigenvalue weighted by Crippen LogP contribution is 2.14. The van der Waals surface area contributed by atoms with Gasteiger partial charge in [0.1, 0.15) is 0 Å². The van der Waals surface area contributed by atoms with Crippen LogP contribution in [0.1, 0.15) is 200 Å². The normalized spacial score (nSPS) is 11.9. The topological polar surface area (TPSA) is 0 Å². The highest BCUT2D eigenvalue weighted by Gasteiger charge is 1.94. The van der Waals surface area contributed by atoms with Crippen LogP contribution in [-0.4, -0.2) is 0 Å². The van der Waals surface area contributed by atoms with Gasteiger partial charge in [0.25, 0.3) is 0 Å². The highest BCUT2D eigenvalue weighted by molar-refractivity contribution is 4.82. The second-order valence-electron chi connectivity index (χ2n) is 11.2. The van der Waals surface area contributed by atoms with Crippen LogP contribution in [0.25, 0.3) is 0 Å². The minimum Gasteiger partial charge on any atom is -0.0885 e. The standard InChI is InChI=1S/C35H68/c1-3-5-7-9-11-13-15-17-19-21-23-25-27-29-31-33-35-34-32-30-28-26-24-22-20-18-16-14-12-10-8-6-4-2/h17,19,32,34H,3-16,18,20-31,33,35H2,1-2H3/b19-17-,34-32-. The van der Waals surface area contributed by atoms with E-state index in [9.17, 15) is 0 Å². The van der Waals surface area contributed by atoms with Gasteiger partial charge in [0.15, 0.2) is 0 Å². The molecule has 0 aliphatic carbocycles. The predicted molar refractivity (Wildman–Crippen MR) is 164 cm³/mol. The quantitative estimate of drug-likeness (QED) is 0.0696. The van der Waals surface area contributed by atoms with Crippen molar-refractivity contribution < 1.29 is 0 Å². The zero-order chi connectivity index (χ0) is 25.3. The monoisotopic (exact) mass is 489 g/mol. The molecule has 0 aromatic carbocycles. The van der Waals surface area contributed by atoms with Gasteiger partial charge in [-0.2, -0.15) is 0 Å². The van der Waals surface area contributed by atoms with Gasteiger partial charge >= 0.3 is 0 Å². The van der Waals surface area contributed by atoms with Crippen LogP contribution in [0.15, 0.2) is 24.3 Å². The lowest BCUT2D eigenvalue weighted by Gasteiger charge is -2.02. The summed E-state index contributed by atoms with van der Waals surface area (Å²) in [5.74, 6) is 0. The van der Waals surface area contributed by atoms with Crippen LogP contribution in [0.5, 0.6) is 0 Å². The Labute approximate surface area is 224 Å². The Morgan fingerprint density at radius 2 is 0.400 bits per heavy atom. The van der Waals surface area contributed by atoms with E-state index in [1.165, 1.54) is 186 Å². The molecule has 0 bridgehead atoms. The molecule has 35 heavy (non-hydrogen) atoms. The van der Waals surface area contributed by atoms with Crippen molar-refractivity contribution in [2.75, 3.05) is 0 Å². The molecule has 0 saturated carbocycles. The van der Waals surface area contributed by atoms with Crippen molar-refractivity contribution in [3.05, 3.63) is 24.3 Å². The predicted octanol–water partition coefficient (Wildman–Crippen LogP) is 13.5. The third-order valence-electron chi connectivity index (χ3n) is 7.52. The van der Waals surface area contributed by atoms with E-state index in [4.69, 9.17) is 0 Å². The minimum atomic E-state index is 1.30. The Kier molecular flexibility index (Phi) is 33.0. The summed E-state index contributed by atoms with van der Waals surface area (Å²) < 4.78 is 0. The van der Waals surface area contributed by atoms with Crippen LogP contribution in [0.2, 0.25) is 0 Å². The van der Waals surface area contributed by atoms with Gasteiger partial charge in [0.05, 0.1) is 0 Å². The first-order valence-corrected chi connectivity index (χ1v) is 16.7. The van der Waals surface area contributed by atoms with Crippen LogP contribution < -0.4 is 0 Å². The highest BCUT2D eigenvalue weighted by atomic mass is 14.0.